The first-order valence-corrected chi connectivity index (χ1v) is 7.20. The highest BCUT2D eigenvalue weighted by atomic mass is 32.1. The number of amides is 1. The number of thiocarbonyl (C=S) groups is 1. The monoisotopic (exact) mass is 328 g/mol. The van der Waals surface area contributed by atoms with Gasteiger partial charge in [-0.05, 0) is 35.5 Å². The van der Waals surface area contributed by atoms with Gasteiger partial charge in [0.25, 0.3) is 0 Å². The molecule has 0 atom stereocenters. The Bertz CT molecular complexity index is 687. The summed E-state index contributed by atoms with van der Waals surface area (Å²) in [4.78, 5) is 11.7. The van der Waals surface area contributed by atoms with Crippen molar-refractivity contribution in [1.29, 1.82) is 0 Å². The van der Waals surface area contributed by atoms with Crippen LogP contribution in [-0.2, 0) is 11.3 Å². The van der Waals surface area contributed by atoms with Gasteiger partial charge in [-0.2, -0.15) is 5.10 Å². The van der Waals surface area contributed by atoms with Gasteiger partial charge in [0.05, 0.1) is 6.21 Å². The summed E-state index contributed by atoms with van der Waals surface area (Å²) in [5, 5.41) is 6.59. The van der Waals surface area contributed by atoms with E-state index in [1.165, 1.54) is 0 Å². The van der Waals surface area contributed by atoms with Gasteiger partial charge in [-0.15, -0.1) is 0 Å². The number of rotatable bonds is 5. The van der Waals surface area contributed by atoms with Gasteiger partial charge < -0.3 is 10.5 Å². The molecule has 0 radical (unpaired) electrons. The molecule has 0 bridgehead atoms. The molecule has 7 heteroatoms. The molecular weight excluding hydrogens is 312 g/mol. The second kappa shape index (κ2) is 8.50. The highest BCUT2D eigenvalue weighted by Gasteiger charge is 2.03. The van der Waals surface area contributed by atoms with Crippen LogP contribution in [0.25, 0.3) is 0 Å². The summed E-state index contributed by atoms with van der Waals surface area (Å²) < 4.78 is 5.14. The average molecular weight is 328 g/mol. The number of carbonyl (C=O) groups is 1. The molecule has 23 heavy (non-hydrogen) atoms. The largest absolute Gasteiger partial charge is 0.444 e. The summed E-state index contributed by atoms with van der Waals surface area (Å²) in [7, 11) is 0. The third kappa shape index (κ3) is 6.15. The van der Waals surface area contributed by atoms with Crippen LogP contribution in [0.5, 0.6) is 0 Å². The Balaban J connectivity index is 1.82. The van der Waals surface area contributed by atoms with E-state index in [0.717, 1.165) is 11.1 Å². The molecule has 2 aromatic rings. The summed E-state index contributed by atoms with van der Waals surface area (Å²) in [6, 6.07) is 16.5. The van der Waals surface area contributed by atoms with Gasteiger partial charge in [0.15, 0.2) is 5.11 Å². The molecule has 118 valence electrons. The predicted molar refractivity (Wildman–Crippen MR) is 94.2 cm³/mol. The van der Waals surface area contributed by atoms with Crippen molar-refractivity contribution in [2.24, 2.45) is 10.8 Å². The fourth-order valence-electron chi connectivity index (χ4n) is 1.70. The average Bonchev–Trinajstić information content (AvgIpc) is 2.55. The van der Waals surface area contributed by atoms with Crippen molar-refractivity contribution >= 4 is 35.3 Å². The van der Waals surface area contributed by atoms with Crippen LogP contribution in [0, 0.1) is 0 Å². The normalized spacial score (nSPS) is 10.3. The molecule has 0 aliphatic heterocycles. The van der Waals surface area contributed by atoms with Crippen molar-refractivity contribution in [1.82, 2.24) is 5.43 Å². The predicted octanol–water partition coefficient (Wildman–Crippen LogP) is 2.60. The Morgan fingerprint density at radius 2 is 1.87 bits per heavy atom. The highest BCUT2D eigenvalue weighted by Crippen LogP contribution is 2.09. The number of carbonyl (C=O) groups excluding carboxylic acids is 1. The molecule has 0 unspecified atom stereocenters. The summed E-state index contributed by atoms with van der Waals surface area (Å²) in [6.45, 7) is 0.224. The molecule has 0 aliphatic carbocycles. The minimum absolute atomic E-state index is 0.0979. The molecule has 0 heterocycles. The van der Waals surface area contributed by atoms with E-state index in [-0.39, 0.29) is 11.7 Å². The molecule has 0 aromatic heterocycles. The number of hydrogen-bond acceptors (Lipinski definition) is 4. The van der Waals surface area contributed by atoms with E-state index in [2.05, 4.69) is 28.1 Å². The lowest BCUT2D eigenvalue weighted by molar-refractivity contribution is 0.155. The van der Waals surface area contributed by atoms with Gasteiger partial charge in [0.2, 0.25) is 0 Å². The first kappa shape index (κ1) is 16.4. The maximum absolute atomic E-state index is 11.7. The number of hydrogen-bond donors (Lipinski definition) is 3. The summed E-state index contributed by atoms with van der Waals surface area (Å²) in [6.07, 6.45) is 1.06. The Morgan fingerprint density at radius 3 is 2.52 bits per heavy atom. The van der Waals surface area contributed by atoms with Crippen LogP contribution in [-0.4, -0.2) is 17.4 Å². The molecule has 2 aromatic carbocycles. The van der Waals surface area contributed by atoms with E-state index >= 15 is 0 Å². The molecule has 0 fully saturated rings. The van der Waals surface area contributed by atoms with E-state index in [4.69, 9.17) is 10.5 Å². The van der Waals surface area contributed by atoms with E-state index in [0.29, 0.717) is 5.69 Å². The Kier molecular flexibility index (Phi) is 6.07. The highest BCUT2D eigenvalue weighted by molar-refractivity contribution is 7.80. The number of nitrogens with two attached hydrogens (primary N) is 1. The lowest BCUT2D eigenvalue weighted by Gasteiger charge is -2.07. The number of nitrogens with zero attached hydrogens (tertiary/aromatic N) is 1. The molecular formula is C16H16N4O2S. The van der Waals surface area contributed by atoms with Crippen LogP contribution in [0.1, 0.15) is 11.1 Å². The zero-order chi connectivity index (χ0) is 16.5. The Morgan fingerprint density at radius 1 is 1.17 bits per heavy atom. The van der Waals surface area contributed by atoms with E-state index in [9.17, 15) is 4.79 Å². The minimum atomic E-state index is -0.509. The van der Waals surface area contributed by atoms with Crippen molar-refractivity contribution < 1.29 is 9.53 Å². The van der Waals surface area contributed by atoms with Gasteiger partial charge in [0.1, 0.15) is 6.61 Å². The third-order valence-electron chi connectivity index (χ3n) is 2.76. The second-order valence-electron chi connectivity index (χ2n) is 4.54. The maximum Gasteiger partial charge on any atom is 0.411 e. The van der Waals surface area contributed by atoms with Gasteiger partial charge in [-0.25, -0.2) is 4.79 Å². The van der Waals surface area contributed by atoms with E-state index < -0.39 is 6.09 Å². The van der Waals surface area contributed by atoms with Crippen molar-refractivity contribution in [3.05, 3.63) is 65.7 Å². The Labute approximate surface area is 139 Å². The zero-order valence-corrected chi connectivity index (χ0v) is 13.0. The molecule has 0 spiro atoms. The lowest BCUT2D eigenvalue weighted by atomic mass is 10.2. The van der Waals surface area contributed by atoms with Crippen molar-refractivity contribution in [3.63, 3.8) is 0 Å². The number of anilines is 1. The molecule has 6 nitrogen and oxygen atoms in total. The second-order valence-corrected chi connectivity index (χ2v) is 4.98. The molecule has 0 saturated carbocycles. The number of nitrogens with one attached hydrogen (secondary N) is 2. The number of hydrazone groups is 1. The fourth-order valence-corrected chi connectivity index (χ4v) is 1.75. The van der Waals surface area contributed by atoms with E-state index in [1.54, 1.807) is 30.5 Å². The van der Waals surface area contributed by atoms with Gasteiger partial charge in [0, 0.05) is 5.69 Å². The quantitative estimate of drug-likeness (QED) is 0.446. The lowest BCUT2D eigenvalue weighted by Crippen LogP contribution is -2.23. The fraction of sp³-hybridized carbons (Fsp3) is 0.0625. The van der Waals surface area contributed by atoms with Gasteiger partial charge in [-0.3, -0.25) is 10.7 Å². The van der Waals surface area contributed by atoms with Crippen molar-refractivity contribution in [3.8, 4) is 0 Å². The molecule has 0 aliphatic rings. The van der Waals surface area contributed by atoms with Crippen molar-refractivity contribution in [2.75, 3.05) is 5.32 Å². The molecule has 4 N–H and O–H groups in total. The smallest absolute Gasteiger partial charge is 0.411 e. The molecule has 1 amide bonds. The van der Waals surface area contributed by atoms with Crippen LogP contribution < -0.4 is 16.5 Å². The summed E-state index contributed by atoms with van der Waals surface area (Å²) in [5.74, 6) is 0. The Hall–Kier alpha value is -2.93. The SMILES string of the molecule is NC(=S)NN=Cc1ccc(NC(=O)OCc2ccccc2)cc1. The first-order chi connectivity index (χ1) is 11.1. The van der Waals surface area contributed by atoms with Crippen LogP contribution in [0.3, 0.4) is 0 Å². The summed E-state index contributed by atoms with van der Waals surface area (Å²) >= 11 is 4.63. The topological polar surface area (TPSA) is 88.7 Å². The van der Waals surface area contributed by atoms with Crippen LogP contribution in [0.15, 0.2) is 59.7 Å². The van der Waals surface area contributed by atoms with Gasteiger partial charge in [-0.1, -0.05) is 42.5 Å². The van der Waals surface area contributed by atoms with Gasteiger partial charge >= 0.3 is 6.09 Å². The zero-order valence-electron chi connectivity index (χ0n) is 12.2. The maximum atomic E-state index is 11.7. The molecule has 2 rings (SSSR count). The van der Waals surface area contributed by atoms with Crippen LogP contribution >= 0.6 is 12.2 Å². The number of benzene rings is 2. The van der Waals surface area contributed by atoms with Crippen LogP contribution in [0.2, 0.25) is 0 Å². The van der Waals surface area contributed by atoms with Crippen molar-refractivity contribution in [2.45, 2.75) is 6.61 Å². The molecule has 0 saturated heterocycles. The standard InChI is InChI=1S/C16H16N4O2S/c17-15(23)20-18-10-12-6-8-14(9-7-12)19-16(21)22-11-13-4-2-1-3-5-13/h1-10H,11H2,(H,19,21)(H3,17,20,23). The number of ether oxygens (including phenoxy) is 1. The third-order valence-corrected chi connectivity index (χ3v) is 2.85. The van der Waals surface area contributed by atoms with E-state index in [1.807, 2.05) is 30.3 Å². The first-order valence-electron chi connectivity index (χ1n) is 6.80. The van der Waals surface area contributed by atoms with Crippen LogP contribution in [0.4, 0.5) is 10.5 Å². The summed E-state index contributed by atoms with van der Waals surface area (Å²) in [5.41, 5.74) is 10.1. The minimum Gasteiger partial charge on any atom is -0.444 e.